The highest BCUT2D eigenvalue weighted by molar-refractivity contribution is 5.82. The molecule has 8 unspecified atom stereocenters. The number of likely N-dealkylation sites (N-methyl/N-ethyl adjacent to an activating group) is 1. The van der Waals surface area contributed by atoms with Crippen LogP contribution < -0.4 is 27.1 Å². The zero-order chi connectivity index (χ0) is 26.1. The Balaban J connectivity index is 1.20. The number of rotatable bonds is 5. The van der Waals surface area contributed by atoms with Gasteiger partial charge in [-0.25, -0.2) is 19.2 Å². The fourth-order valence-corrected chi connectivity index (χ4v) is 6.85. The molecule has 5 rings (SSSR count). The van der Waals surface area contributed by atoms with Gasteiger partial charge in [0.2, 0.25) is 11.8 Å². The summed E-state index contributed by atoms with van der Waals surface area (Å²) in [5, 5.41) is 10.9. The van der Waals surface area contributed by atoms with E-state index < -0.39 is 42.7 Å². The summed E-state index contributed by atoms with van der Waals surface area (Å²) in [6.45, 7) is 7.22. The Morgan fingerprint density at radius 1 is 1.05 bits per heavy atom. The highest BCUT2D eigenvalue weighted by atomic mass is 19.1. The van der Waals surface area contributed by atoms with Crippen LogP contribution in [0.3, 0.4) is 0 Å². The molecule has 0 saturated carbocycles. The fraction of sp³-hybridized carbons (Fsp3) is 0.917. The van der Waals surface area contributed by atoms with Crippen LogP contribution in [-0.4, -0.2) is 140 Å². The Kier molecular flexibility index (Phi) is 8.59. The van der Waals surface area contributed by atoms with Crippen molar-refractivity contribution in [2.45, 2.75) is 69.0 Å². The molecular formula is C24H43F2N9O2. The van der Waals surface area contributed by atoms with Gasteiger partial charge in [0.15, 0.2) is 0 Å². The molecule has 0 aromatic carbocycles. The first-order chi connectivity index (χ1) is 17.9. The maximum absolute atomic E-state index is 15.3. The van der Waals surface area contributed by atoms with E-state index in [2.05, 4.69) is 38.1 Å². The highest BCUT2D eigenvalue weighted by Gasteiger charge is 2.48. The highest BCUT2D eigenvalue weighted by Crippen LogP contribution is 2.25. The van der Waals surface area contributed by atoms with Gasteiger partial charge in [0.1, 0.15) is 12.3 Å². The molecule has 0 aromatic heterocycles. The smallest absolute Gasteiger partial charge is 0.240 e. The van der Waals surface area contributed by atoms with Crippen LogP contribution in [0.4, 0.5) is 8.78 Å². The molecule has 11 nitrogen and oxygen atoms in total. The van der Waals surface area contributed by atoms with Crippen LogP contribution in [0.5, 0.6) is 0 Å². The molecule has 0 spiro atoms. The second kappa shape index (κ2) is 11.7. The molecule has 210 valence electrons. The molecule has 13 heteroatoms. The Labute approximate surface area is 217 Å². The van der Waals surface area contributed by atoms with Gasteiger partial charge in [0.25, 0.3) is 0 Å². The van der Waals surface area contributed by atoms with Gasteiger partial charge in [-0.15, -0.1) is 0 Å². The standard InChI is InChI=1S/C24H43F2N9O2/c1-2-32-6-4-3-5-18(32)24(37)34-9-7-33(8-10-34)20-16(26)12-28-13-17(20)30-23(36)19-21(27)31-35-14-15(25)11-29-22(19)35/h15-22,28-29,31H,2-14,27H2,1H3,(H,30,36). The van der Waals surface area contributed by atoms with E-state index in [0.717, 1.165) is 32.4 Å². The van der Waals surface area contributed by atoms with E-state index in [9.17, 15) is 14.0 Å². The van der Waals surface area contributed by atoms with Crippen LogP contribution in [-0.2, 0) is 9.59 Å². The first-order valence-electron chi connectivity index (χ1n) is 13.9. The minimum absolute atomic E-state index is 0.0463. The van der Waals surface area contributed by atoms with Crippen molar-refractivity contribution in [3.63, 3.8) is 0 Å². The van der Waals surface area contributed by atoms with Crippen molar-refractivity contribution in [2.75, 3.05) is 65.4 Å². The van der Waals surface area contributed by atoms with Crippen molar-refractivity contribution in [3.8, 4) is 0 Å². The second-order valence-electron chi connectivity index (χ2n) is 11.1. The SMILES string of the molecule is CCN1CCCCC1C(=O)N1CCN(C2C(F)CNCC2NC(=O)C2C(N)NN3CC(F)CNC23)CC1. The summed E-state index contributed by atoms with van der Waals surface area (Å²) in [7, 11) is 0. The van der Waals surface area contributed by atoms with Crippen LogP contribution in [0.25, 0.3) is 0 Å². The predicted molar refractivity (Wildman–Crippen MR) is 135 cm³/mol. The number of hydrazine groups is 1. The van der Waals surface area contributed by atoms with Crippen molar-refractivity contribution < 1.29 is 18.4 Å². The third-order valence-corrected chi connectivity index (χ3v) is 8.79. The number of piperazine rings is 1. The number of carbonyl (C=O) groups is 2. The summed E-state index contributed by atoms with van der Waals surface area (Å²) in [6.07, 6.45) is -0.132. The Morgan fingerprint density at radius 3 is 2.59 bits per heavy atom. The van der Waals surface area contributed by atoms with Crippen molar-refractivity contribution in [3.05, 3.63) is 0 Å². The first kappa shape index (κ1) is 27.1. The molecule has 0 bridgehead atoms. The Hall–Kier alpha value is -1.48. The van der Waals surface area contributed by atoms with Crippen LogP contribution in [0, 0.1) is 5.92 Å². The third kappa shape index (κ3) is 5.63. The molecule has 5 aliphatic rings. The number of nitrogens with zero attached hydrogens (tertiary/aromatic N) is 4. The van der Waals surface area contributed by atoms with Crippen LogP contribution in [0.2, 0.25) is 0 Å². The van der Waals surface area contributed by atoms with Crippen molar-refractivity contribution in [2.24, 2.45) is 11.7 Å². The van der Waals surface area contributed by atoms with Crippen molar-refractivity contribution in [1.29, 1.82) is 0 Å². The Morgan fingerprint density at radius 2 is 1.84 bits per heavy atom. The minimum atomic E-state index is -1.15. The van der Waals surface area contributed by atoms with Gasteiger partial charge in [-0.2, -0.15) is 0 Å². The molecule has 5 saturated heterocycles. The number of nitrogens with one attached hydrogen (secondary N) is 4. The number of halogens is 2. The molecule has 6 N–H and O–H groups in total. The van der Waals surface area contributed by atoms with Gasteiger partial charge in [0, 0.05) is 52.4 Å². The normalized spacial score (nSPS) is 40.4. The lowest BCUT2D eigenvalue weighted by Gasteiger charge is -2.47. The van der Waals surface area contributed by atoms with Crippen molar-refractivity contribution >= 4 is 11.8 Å². The fourth-order valence-electron chi connectivity index (χ4n) is 6.85. The van der Waals surface area contributed by atoms with E-state index >= 15 is 4.39 Å². The largest absolute Gasteiger partial charge is 0.350 e. The zero-order valence-electron chi connectivity index (χ0n) is 21.7. The van der Waals surface area contributed by atoms with Crippen LogP contribution in [0.15, 0.2) is 0 Å². The number of hydrogen-bond donors (Lipinski definition) is 5. The molecular weight excluding hydrogens is 484 g/mol. The summed E-state index contributed by atoms with van der Waals surface area (Å²) in [5.74, 6) is -0.704. The maximum atomic E-state index is 15.3. The number of piperidine rings is 2. The maximum Gasteiger partial charge on any atom is 0.240 e. The molecule has 5 heterocycles. The number of carbonyl (C=O) groups excluding carboxylic acids is 2. The quantitative estimate of drug-likeness (QED) is 0.271. The van der Waals surface area contributed by atoms with Gasteiger partial charge in [-0.05, 0) is 25.9 Å². The molecule has 2 amide bonds. The number of nitrogens with two attached hydrogens (primary N) is 1. The zero-order valence-corrected chi connectivity index (χ0v) is 21.7. The van der Waals surface area contributed by atoms with Crippen LogP contribution in [0.1, 0.15) is 26.2 Å². The summed E-state index contributed by atoms with van der Waals surface area (Å²) < 4.78 is 29.1. The molecule has 5 aliphatic heterocycles. The minimum Gasteiger partial charge on any atom is -0.350 e. The average Bonchev–Trinajstić information content (AvgIpc) is 3.23. The second-order valence-corrected chi connectivity index (χ2v) is 11.1. The summed E-state index contributed by atoms with van der Waals surface area (Å²) in [6, 6.07) is -0.971. The molecule has 37 heavy (non-hydrogen) atoms. The van der Waals surface area contributed by atoms with E-state index in [1.165, 1.54) is 0 Å². The summed E-state index contributed by atoms with van der Waals surface area (Å²) in [4.78, 5) is 32.9. The number of amides is 2. The van der Waals surface area contributed by atoms with Gasteiger partial charge in [-0.3, -0.25) is 24.7 Å². The number of hydrogen-bond acceptors (Lipinski definition) is 9. The van der Waals surface area contributed by atoms with Gasteiger partial charge in [0.05, 0.1) is 36.4 Å². The van der Waals surface area contributed by atoms with E-state index in [1.54, 1.807) is 5.01 Å². The molecule has 0 radical (unpaired) electrons. The van der Waals surface area contributed by atoms with E-state index in [1.807, 2.05) is 4.90 Å². The molecule has 0 aromatic rings. The van der Waals surface area contributed by atoms with Crippen molar-refractivity contribution in [1.82, 2.24) is 41.1 Å². The topological polar surface area (TPSA) is 121 Å². The Bertz CT molecular complexity index is 817. The lowest BCUT2D eigenvalue weighted by atomic mass is 9.94. The third-order valence-electron chi connectivity index (χ3n) is 8.79. The van der Waals surface area contributed by atoms with Gasteiger partial charge >= 0.3 is 0 Å². The van der Waals surface area contributed by atoms with Gasteiger partial charge < -0.3 is 21.3 Å². The lowest BCUT2D eigenvalue weighted by molar-refractivity contribution is -0.140. The number of fused-ring (bicyclic) bond motifs is 1. The van der Waals surface area contributed by atoms with Gasteiger partial charge in [-0.1, -0.05) is 13.3 Å². The average molecular weight is 528 g/mol. The molecule has 5 fully saturated rings. The first-order valence-corrected chi connectivity index (χ1v) is 13.9. The predicted octanol–water partition coefficient (Wildman–Crippen LogP) is -2.21. The molecule has 0 aliphatic carbocycles. The number of likely N-dealkylation sites (tertiary alicyclic amines) is 1. The lowest BCUT2D eigenvalue weighted by Crippen LogP contribution is -2.68. The monoisotopic (exact) mass is 527 g/mol. The molecule has 8 atom stereocenters. The van der Waals surface area contributed by atoms with Crippen LogP contribution >= 0.6 is 0 Å². The summed E-state index contributed by atoms with van der Waals surface area (Å²) >= 11 is 0. The summed E-state index contributed by atoms with van der Waals surface area (Å²) in [5.41, 5.74) is 9.20. The van der Waals surface area contributed by atoms with E-state index in [4.69, 9.17) is 5.73 Å². The van der Waals surface area contributed by atoms with E-state index in [0.29, 0.717) is 32.7 Å². The van der Waals surface area contributed by atoms with E-state index in [-0.39, 0.29) is 37.5 Å². The number of alkyl halides is 2.